The maximum Gasteiger partial charge on any atom is 0.0641 e. The summed E-state index contributed by atoms with van der Waals surface area (Å²) in [7, 11) is 0. The van der Waals surface area contributed by atoms with E-state index in [1.807, 2.05) is 0 Å². The van der Waals surface area contributed by atoms with Crippen LogP contribution in [0.5, 0.6) is 0 Å². The zero-order chi connectivity index (χ0) is 57.7. The van der Waals surface area contributed by atoms with Gasteiger partial charge in [-0.1, -0.05) is 182 Å². The van der Waals surface area contributed by atoms with Crippen LogP contribution in [-0.2, 0) is 0 Å². The van der Waals surface area contributed by atoms with E-state index in [4.69, 9.17) is 0 Å². The monoisotopic (exact) mass is 1140 g/mol. The Kier molecular flexibility index (Phi) is 7.71. The first kappa shape index (κ1) is 45.2. The van der Waals surface area contributed by atoms with Crippen molar-refractivity contribution >= 4 is 196 Å². The minimum atomic E-state index is 1.13. The molecule has 0 atom stereocenters. The summed E-state index contributed by atoms with van der Waals surface area (Å²) in [6.45, 7) is 0. The molecule has 24 aromatic rings. The van der Waals surface area contributed by atoms with Gasteiger partial charge in [0.15, 0.2) is 0 Å². The van der Waals surface area contributed by atoms with Crippen LogP contribution in [0.3, 0.4) is 0 Å². The van der Waals surface area contributed by atoms with Gasteiger partial charge >= 0.3 is 0 Å². The van der Waals surface area contributed by atoms with Gasteiger partial charge in [-0.2, -0.15) is 0 Å². The lowest BCUT2D eigenvalue weighted by atomic mass is 9.98. The Labute approximate surface area is 509 Å². The van der Waals surface area contributed by atoms with Gasteiger partial charge < -0.3 is 26.7 Å². The predicted octanol–water partition coefficient (Wildman–Crippen LogP) is 22.1. The molecule has 10 aromatic heterocycles. The maximum atomic E-state index is 2.61. The Morgan fingerprint density at radius 3 is 1.26 bits per heavy atom. The number of benzene rings is 14. The lowest BCUT2D eigenvalue weighted by Crippen LogP contribution is -1.95. The van der Waals surface area contributed by atoms with Gasteiger partial charge in [0.05, 0.1) is 88.3 Å². The molecule has 0 saturated carbocycles. The second kappa shape index (κ2) is 15.3. The van der Waals surface area contributed by atoms with E-state index in [0.29, 0.717) is 0 Å². The summed E-state index contributed by atoms with van der Waals surface area (Å²) in [5.74, 6) is 0. The molecule has 0 N–H and O–H groups in total. The van der Waals surface area contributed by atoms with Gasteiger partial charge in [0.1, 0.15) is 0 Å². The molecule has 6 heteroatoms. The summed E-state index contributed by atoms with van der Waals surface area (Å²) in [5, 5.41) is 25.8. The maximum absolute atomic E-state index is 2.61. The number of aromatic nitrogens is 6. The summed E-state index contributed by atoms with van der Waals surface area (Å²) in [4.78, 5) is 0. The minimum Gasteiger partial charge on any atom is -0.309 e. The van der Waals surface area contributed by atoms with Crippen molar-refractivity contribution in [2.24, 2.45) is 0 Å². The SMILES string of the molecule is c1ccc(-n2c3ccccc3c3c4c5cccc6c7c8c9ccccc9n9c%10c(-c%11cccc(-n%12c%13ccccc%13c%13ccc%14c(c%15cccc%16c%17c%18c%19ccccc%19n%19c%20ccccc%20c(cc%17n%14c%16%15)c%18%19)c%13%12)c%11)cccc%10c(cc7n(c4ccc32)c56)c89)cc1. The second-order valence-corrected chi connectivity index (χ2v) is 25.4. The highest BCUT2D eigenvalue weighted by molar-refractivity contribution is 6.42. The van der Waals surface area contributed by atoms with Crippen LogP contribution in [0.25, 0.3) is 218 Å². The molecule has 14 aromatic carbocycles. The van der Waals surface area contributed by atoms with Gasteiger partial charge in [-0.15, -0.1) is 0 Å². The van der Waals surface area contributed by atoms with Gasteiger partial charge in [-0.25, -0.2) is 0 Å². The van der Waals surface area contributed by atoms with Crippen LogP contribution in [-0.4, -0.2) is 26.7 Å². The molecule has 0 radical (unpaired) electrons. The Balaban J connectivity index is 0.769. The van der Waals surface area contributed by atoms with E-state index >= 15 is 0 Å². The number of nitrogens with zero attached hydrogens (tertiary/aromatic N) is 6. The molecule has 0 aliphatic carbocycles. The van der Waals surface area contributed by atoms with E-state index in [2.05, 4.69) is 294 Å². The van der Waals surface area contributed by atoms with Gasteiger partial charge in [0, 0.05) is 125 Å². The topological polar surface area (TPSA) is 27.5 Å². The molecule has 24 rings (SSSR count). The van der Waals surface area contributed by atoms with E-state index < -0.39 is 0 Å². The molecular formula is C84H44N6. The number of fused-ring (bicyclic) bond motifs is 34. The van der Waals surface area contributed by atoms with Crippen molar-refractivity contribution in [3.63, 3.8) is 0 Å². The number of hydrogen-bond acceptors (Lipinski definition) is 0. The standard InChI is InChI=1S/C84H44N6/c1-2-19-46(20-3-1)85-64-35-11-6-24-53(64)72-67(85)40-41-68-73(72)56-29-16-30-57-75-71(88(68)80(56)57)44-61-51-28-15-27-48(79(51)90-66-37-13-8-26-55(66)78(75)84(61)90)45-18-14-21-47(42-45)86-62-33-9-4-22-49(62)52-38-39-69-76(82(52)86)59-32-17-31-58-74-70(89(69)81(58)59)43-60-50-23-5-10-34-63(50)87-65-36-12-7-25-54(65)77(74)83(60)87/h1-44H. The van der Waals surface area contributed by atoms with Crippen LogP contribution in [0.15, 0.2) is 267 Å². The van der Waals surface area contributed by atoms with Crippen molar-refractivity contribution in [1.29, 1.82) is 0 Å². The first-order valence-corrected chi connectivity index (χ1v) is 31.4. The Bertz CT molecular complexity index is 7380. The predicted molar refractivity (Wildman–Crippen MR) is 379 cm³/mol. The molecule has 0 spiro atoms. The summed E-state index contributed by atoms with van der Waals surface area (Å²) >= 11 is 0. The van der Waals surface area contributed by atoms with Crippen molar-refractivity contribution in [2.45, 2.75) is 0 Å². The van der Waals surface area contributed by atoms with Gasteiger partial charge in [0.2, 0.25) is 0 Å². The van der Waals surface area contributed by atoms with E-state index in [0.717, 1.165) is 5.69 Å². The first-order chi connectivity index (χ1) is 44.7. The molecule has 10 heterocycles. The average Bonchev–Trinajstić information content (AvgIpc) is 1.51. The third-order valence-corrected chi connectivity index (χ3v) is 21.4. The molecule has 0 aliphatic rings. The normalized spacial score (nSPS) is 13.1. The third-order valence-electron chi connectivity index (χ3n) is 21.4. The van der Waals surface area contributed by atoms with Gasteiger partial charge in [0.25, 0.3) is 0 Å². The number of para-hydroxylation sites is 9. The fourth-order valence-corrected chi connectivity index (χ4v) is 18.3. The van der Waals surface area contributed by atoms with Crippen LogP contribution in [0.2, 0.25) is 0 Å². The Morgan fingerprint density at radius 1 is 0.167 bits per heavy atom. The molecule has 0 aliphatic heterocycles. The zero-order valence-corrected chi connectivity index (χ0v) is 48.1. The Hall–Kier alpha value is -12.1. The highest BCUT2D eigenvalue weighted by Crippen LogP contribution is 2.54. The van der Waals surface area contributed by atoms with Crippen molar-refractivity contribution in [2.75, 3.05) is 0 Å². The van der Waals surface area contributed by atoms with Crippen molar-refractivity contribution in [1.82, 2.24) is 26.7 Å². The molecule has 6 nitrogen and oxygen atoms in total. The van der Waals surface area contributed by atoms with Gasteiger partial charge in [-0.3, -0.25) is 0 Å². The lowest BCUT2D eigenvalue weighted by molar-refractivity contribution is 1.18. The second-order valence-electron chi connectivity index (χ2n) is 25.4. The third kappa shape index (κ3) is 4.96. The lowest BCUT2D eigenvalue weighted by Gasteiger charge is -2.12. The van der Waals surface area contributed by atoms with Crippen molar-refractivity contribution in [3.05, 3.63) is 267 Å². The molecule has 90 heavy (non-hydrogen) atoms. The molecule has 410 valence electrons. The van der Waals surface area contributed by atoms with E-state index in [-0.39, 0.29) is 0 Å². The van der Waals surface area contributed by atoms with Crippen LogP contribution >= 0.6 is 0 Å². The highest BCUT2D eigenvalue weighted by atomic mass is 15.0. The van der Waals surface area contributed by atoms with Crippen LogP contribution in [0.4, 0.5) is 0 Å². The Morgan fingerprint density at radius 2 is 0.578 bits per heavy atom. The average molecular weight is 1140 g/mol. The highest BCUT2D eigenvalue weighted by Gasteiger charge is 2.31. The fourth-order valence-electron chi connectivity index (χ4n) is 18.3. The minimum absolute atomic E-state index is 1.13. The van der Waals surface area contributed by atoms with Crippen molar-refractivity contribution in [3.8, 4) is 22.5 Å². The van der Waals surface area contributed by atoms with Crippen LogP contribution in [0.1, 0.15) is 0 Å². The largest absolute Gasteiger partial charge is 0.309 e. The quantitative estimate of drug-likeness (QED) is 0.169. The van der Waals surface area contributed by atoms with E-state index in [1.54, 1.807) is 0 Å². The van der Waals surface area contributed by atoms with Crippen LogP contribution < -0.4 is 0 Å². The summed E-state index contributed by atoms with van der Waals surface area (Å²) in [5.41, 5.74) is 24.6. The molecule has 0 fully saturated rings. The summed E-state index contributed by atoms with van der Waals surface area (Å²) in [6.07, 6.45) is 0. The molecule has 0 saturated heterocycles. The van der Waals surface area contributed by atoms with Crippen LogP contribution in [0, 0.1) is 0 Å². The fraction of sp³-hybridized carbons (Fsp3) is 0. The zero-order valence-electron chi connectivity index (χ0n) is 48.1. The van der Waals surface area contributed by atoms with Gasteiger partial charge in [-0.05, 0) is 90.5 Å². The number of rotatable bonds is 3. The molecule has 0 amide bonds. The number of hydrogen-bond donors (Lipinski definition) is 0. The van der Waals surface area contributed by atoms with Crippen molar-refractivity contribution < 1.29 is 0 Å². The van der Waals surface area contributed by atoms with E-state index in [1.165, 1.54) is 213 Å². The summed E-state index contributed by atoms with van der Waals surface area (Å²) in [6, 6.07) is 101. The molecule has 0 unspecified atom stereocenters. The smallest absolute Gasteiger partial charge is 0.0641 e. The molecular weight excluding hydrogens is 1090 g/mol. The van der Waals surface area contributed by atoms with E-state index in [9.17, 15) is 0 Å². The molecule has 0 bridgehead atoms. The summed E-state index contributed by atoms with van der Waals surface area (Å²) < 4.78 is 15.3. The first-order valence-electron chi connectivity index (χ1n) is 31.4.